The Hall–Kier alpha value is -2.37. The molecule has 0 radical (unpaired) electrons. The van der Waals surface area contributed by atoms with Gasteiger partial charge >= 0.3 is 5.69 Å². The van der Waals surface area contributed by atoms with E-state index in [1.165, 1.54) is 10.8 Å². The first-order valence-corrected chi connectivity index (χ1v) is 4.65. The minimum atomic E-state index is -0.559. The van der Waals surface area contributed by atoms with Gasteiger partial charge in [-0.2, -0.15) is 0 Å². The number of hydrogen-bond acceptors (Lipinski definition) is 4. The van der Waals surface area contributed by atoms with Crippen LogP contribution in [-0.2, 0) is 6.54 Å². The number of nitrogen functional groups attached to an aromatic ring is 1. The molecular formula is C10H10N4O2. The molecule has 2 heterocycles. The SMILES string of the molecule is Nc1cn(Cc2ccncc2)c(=O)[nH]c1=O. The molecule has 16 heavy (non-hydrogen) atoms. The molecule has 2 aromatic heterocycles. The summed E-state index contributed by atoms with van der Waals surface area (Å²) in [5.41, 5.74) is 5.32. The molecule has 0 saturated heterocycles. The largest absolute Gasteiger partial charge is 0.393 e. The zero-order chi connectivity index (χ0) is 11.5. The van der Waals surface area contributed by atoms with Crippen LogP contribution in [-0.4, -0.2) is 14.5 Å². The minimum Gasteiger partial charge on any atom is -0.393 e. The summed E-state index contributed by atoms with van der Waals surface area (Å²) in [4.78, 5) is 28.5. The van der Waals surface area contributed by atoms with E-state index in [0.717, 1.165) is 5.56 Å². The predicted molar refractivity (Wildman–Crippen MR) is 59.1 cm³/mol. The number of aromatic nitrogens is 3. The lowest BCUT2D eigenvalue weighted by Gasteiger charge is -2.05. The number of aromatic amines is 1. The Labute approximate surface area is 90.4 Å². The molecule has 0 amide bonds. The maximum atomic E-state index is 11.4. The van der Waals surface area contributed by atoms with Crippen LogP contribution in [0.2, 0.25) is 0 Å². The van der Waals surface area contributed by atoms with Crippen molar-refractivity contribution in [1.82, 2.24) is 14.5 Å². The molecule has 0 aliphatic carbocycles. The Balaban J connectivity index is 2.40. The van der Waals surface area contributed by atoms with Gasteiger partial charge < -0.3 is 5.73 Å². The second-order valence-electron chi connectivity index (χ2n) is 3.33. The van der Waals surface area contributed by atoms with Crippen molar-refractivity contribution in [1.29, 1.82) is 0 Å². The van der Waals surface area contributed by atoms with Gasteiger partial charge in [-0.15, -0.1) is 0 Å². The number of nitrogens with two attached hydrogens (primary N) is 1. The van der Waals surface area contributed by atoms with E-state index in [2.05, 4.69) is 9.97 Å². The quantitative estimate of drug-likeness (QED) is 0.714. The monoisotopic (exact) mass is 218 g/mol. The average molecular weight is 218 g/mol. The van der Waals surface area contributed by atoms with Crippen LogP contribution in [0.4, 0.5) is 5.69 Å². The van der Waals surface area contributed by atoms with E-state index in [0.29, 0.717) is 6.54 Å². The summed E-state index contributed by atoms with van der Waals surface area (Å²) in [7, 11) is 0. The fourth-order valence-corrected chi connectivity index (χ4v) is 1.33. The number of nitrogens with zero attached hydrogens (tertiary/aromatic N) is 2. The van der Waals surface area contributed by atoms with Crippen LogP contribution in [0.15, 0.2) is 40.3 Å². The first kappa shape index (κ1) is 10.2. The topological polar surface area (TPSA) is 93.8 Å². The minimum absolute atomic E-state index is 0.0219. The van der Waals surface area contributed by atoms with Gasteiger partial charge in [-0.25, -0.2) is 4.79 Å². The Kier molecular flexibility index (Phi) is 2.55. The summed E-state index contributed by atoms with van der Waals surface area (Å²) in [6.07, 6.45) is 4.60. The Bertz CT molecular complexity index is 600. The van der Waals surface area contributed by atoms with Crippen LogP contribution in [0.1, 0.15) is 5.56 Å². The molecule has 0 aliphatic rings. The summed E-state index contributed by atoms with van der Waals surface area (Å²) in [6.45, 7) is 0.350. The third-order valence-electron chi connectivity index (χ3n) is 2.14. The first-order chi connectivity index (χ1) is 7.66. The van der Waals surface area contributed by atoms with Gasteiger partial charge in [0.25, 0.3) is 5.56 Å². The number of H-pyrrole nitrogens is 1. The summed E-state index contributed by atoms with van der Waals surface area (Å²) >= 11 is 0. The van der Waals surface area contributed by atoms with Crippen molar-refractivity contribution in [3.05, 3.63) is 57.1 Å². The van der Waals surface area contributed by atoms with Gasteiger partial charge in [0, 0.05) is 18.6 Å². The summed E-state index contributed by atoms with van der Waals surface area (Å²) < 4.78 is 1.34. The van der Waals surface area contributed by atoms with E-state index >= 15 is 0 Å². The van der Waals surface area contributed by atoms with Crippen LogP contribution in [0.25, 0.3) is 0 Å². The average Bonchev–Trinajstić information content (AvgIpc) is 2.27. The summed E-state index contributed by atoms with van der Waals surface area (Å²) in [6, 6.07) is 3.57. The van der Waals surface area contributed by atoms with E-state index in [9.17, 15) is 9.59 Å². The molecular weight excluding hydrogens is 208 g/mol. The molecule has 82 valence electrons. The van der Waals surface area contributed by atoms with Crippen molar-refractivity contribution in [2.24, 2.45) is 0 Å². The summed E-state index contributed by atoms with van der Waals surface area (Å²) in [5, 5.41) is 0. The lowest BCUT2D eigenvalue weighted by molar-refractivity contribution is 0.722. The first-order valence-electron chi connectivity index (χ1n) is 4.65. The van der Waals surface area contributed by atoms with E-state index < -0.39 is 11.2 Å². The van der Waals surface area contributed by atoms with Crippen molar-refractivity contribution >= 4 is 5.69 Å². The van der Waals surface area contributed by atoms with Crippen LogP contribution in [0, 0.1) is 0 Å². The van der Waals surface area contributed by atoms with E-state index in [1.807, 2.05) is 0 Å². The van der Waals surface area contributed by atoms with Crippen LogP contribution in [0.3, 0.4) is 0 Å². The van der Waals surface area contributed by atoms with Crippen LogP contribution < -0.4 is 17.0 Å². The number of anilines is 1. The highest BCUT2D eigenvalue weighted by molar-refractivity contribution is 5.30. The Morgan fingerprint density at radius 3 is 2.69 bits per heavy atom. The normalized spacial score (nSPS) is 10.2. The summed E-state index contributed by atoms with van der Waals surface area (Å²) in [5.74, 6) is 0. The smallest absolute Gasteiger partial charge is 0.328 e. The molecule has 0 aliphatic heterocycles. The fraction of sp³-hybridized carbons (Fsp3) is 0.100. The highest BCUT2D eigenvalue weighted by Gasteiger charge is 2.01. The van der Waals surface area contributed by atoms with Gasteiger partial charge in [0.15, 0.2) is 0 Å². The molecule has 0 aromatic carbocycles. The molecule has 0 saturated carbocycles. The molecule has 2 rings (SSSR count). The third-order valence-corrected chi connectivity index (χ3v) is 2.14. The van der Waals surface area contributed by atoms with Gasteiger partial charge in [0.1, 0.15) is 5.69 Å². The van der Waals surface area contributed by atoms with Crippen LogP contribution in [0.5, 0.6) is 0 Å². The Morgan fingerprint density at radius 1 is 1.31 bits per heavy atom. The van der Waals surface area contributed by atoms with E-state index in [-0.39, 0.29) is 5.69 Å². The second kappa shape index (κ2) is 4.01. The molecule has 2 aromatic rings. The van der Waals surface area contributed by atoms with E-state index in [1.54, 1.807) is 24.5 Å². The molecule has 3 N–H and O–H groups in total. The van der Waals surface area contributed by atoms with Crippen molar-refractivity contribution < 1.29 is 0 Å². The van der Waals surface area contributed by atoms with Crippen molar-refractivity contribution in [2.45, 2.75) is 6.54 Å². The Morgan fingerprint density at radius 2 is 2.00 bits per heavy atom. The zero-order valence-electron chi connectivity index (χ0n) is 8.38. The highest BCUT2D eigenvalue weighted by atomic mass is 16.2. The zero-order valence-corrected chi connectivity index (χ0v) is 8.38. The standard InChI is InChI=1S/C10H10N4O2/c11-8-6-14(10(16)13-9(8)15)5-7-1-3-12-4-2-7/h1-4,6H,5,11H2,(H,13,15,16). The molecule has 6 nitrogen and oxygen atoms in total. The molecule has 0 atom stereocenters. The van der Waals surface area contributed by atoms with Gasteiger partial charge in [-0.1, -0.05) is 0 Å². The van der Waals surface area contributed by atoms with Gasteiger partial charge in [-0.3, -0.25) is 19.3 Å². The fourth-order valence-electron chi connectivity index (χ4n) is 1.33. The van der Waals surface area contributed by atoms with Crippen molar-refractivity contribution in [3.8, 4) is 0 Å². The maximum Gasteiger partial charge on any atom is 0.328 e. The van der Waals surface area contributed by atoms with Crippen LogP contribution >= 0.6 is 0 Å². The third kappa shape index (κ3) is 2.00. The number of pyridine rings is 1. The number of hydrogen-bond donors (Lipinski definition) is 2. The van der Waals surface area contributed by atoms with Crippen molar-refractivity contribution in [2.75, 3.05) is 5.73 Å². The number of rotatable bonds is 2. The lowest BCUT2D eigenvalue weighted by atomic mass is 10.3. The second-order valence-corrected chi connectivity index (χ2v) is 3.33. The van der Waals surface area contributed by atoms with Gasteiger partial charge in [-0.05, 0) is 17.7 Å². The molecule has 6 heteroatoms. The van der Waals surface area contributed by atoms with Gasteiger partial charge in [0.05, 0.1) is 6.54 Å². The molecule has 0 spiro atoms. The van der Waals surface area contributed by atoms with Crippen molar-refractivity contribution in [3.63, 3.8) is 0 Å². The molecule has 0 fully saturated rings. The highest BCUT2D eigenvalue weighted by Crippen LogP contribution is 1.98. The van der Waals surface area contributed by atoms with Gasteiger partial charge in [0.2, 0.25) is 0 Å². The molecule has 0 bridgehead atoms. The number of nitrogens with one attached hydrogen (secondary N) is 1. The predicted octanol–water partition coefficient (Wildman–Crippen LogP) is -0.438. The maximum absolute atomic E-state index is 11.4. The van der Waals surface area contributed by atoms with E-state index in [4.69, 9.17) is 5.73 Å². The lowest BCUT2D eigenvalue weighted by Crippen LogP contribution is -2.31. The molecule has 0 unspecified atom stereocenters.